The van der Waals surface area contributed by atoms with Crippen LogP contribution in [0.2, 0.25) is 5.15 Å². The Bertz CT molecular complexity index is 408. The van der Waals surface area contributed by atoms with Crippen molar-refractivity contribution in [3.63, 3.8) is 0 Å². The topological polar surface area (TPSA) is 38.0 Å². The molecule has 3 nitrogen and oxygen atoms in total. The van der Waals surface area contributed by atoms with E-state index in [-0.39, 0.29) is 5.92 Å². The summed E-state index contributed by atoms with van der Waals surface area (Å²) in [6, 6.07) is 0. The standard InChI is InChI=1S/C14H23ClN2O/c1-9(2)12-11(14(15)17(3)16-12)13(18)10-7-5-4-6-8-10/h9-10,13,18H,4-8H2,1-3H3. The highest BCUT2D eigenvalue weighted by Crippen LogP contribution is 2.39. The maximum atomic E-state index is 10.6. The van der Waals surface area contributed by atoms with Gasteiger partial charge in [-0.15, -0.1) is 0 Å². The molecule has 0 amide bonds. The Balaban J connectivity index is 2.30. The Kier molecular flexibility index (Phi) is 4.33. The van der Waals surface area contributed by atoms with Crippen LogP contribution in [-0.4, -0.2) is 14.9 Å². The van der Waals surface area contributed by atoms with Gasteiger partial charge in [-0.2, -0.15) is 5.10 Å². The maximum absolute atomic E-state index is 10.6. The molecule has 1 aromatic rings. The number of hydrogen-bond donors (Lipinski definition) is 1. The normalized spacial score (nSPS) is 19.4. The van der Waals surface area contributed by atoms with Crippen LogP contribution in [0.3, 0.4) is 0 Å². The molecule has 1 fully saturated rings. The molecule has 18 heavy (non-hydrogen) atoms. The summed E-state index contributed by atoms with van der Waals surface area (Å²) in [5.41, 5.74) is 1.81. The summed E-state index contributed by atoms with van der Waals surface area (Å²) in [5.74, 6) is 0.634. The fraction of sp³-hybridized carbons (Fsp3) is 0.786. The summed E-state index contributed by atoms with van der Waals surface area (Å²) in [4.78, 5) is 0. The molecule has 1 aromatic heterocycles. The van der Waals surface area contributed by atoms with Crippen molar-refractivity contribution in [1.29, 1.82) is 0 Å². The maximum Gasteiger partial charge on any atom is 0.132 e. The first kappa shape index (κ1) is 13.9. The van der Waals surface area contributed by atoms with E-state index in [9.17, 15) is 5.11 Å². The van der Waals surface area contributed by atoms with Gasteiger partial charge in [0.1, 0.15) is 5.15 Å². The van der Waals surface area contributed by atoms with E-state index in [4.69, 9.17) is 11.6 Å². The molecule has 102 valence electrons. The van der Waals surface area contributed by atoms with Crippen LogP contribution in [0, 0.1) is 5.92 Å². The Labute approximate surface area is 114 Å². The van der Waals surface area contributed by atoms with Gasteiger partial charge in [0.15, 0.2) is 0 Å². The molecule has 0 aromatic carbocycles. The number of nitrogens with zero attached hydrogens (tertiary/aromatic N) is 2. The van der Waals surface area contributed by atoms with Gasteiger partial charge in [-0.3, -0.25) is 4.68 Å². The van der Waals surface area contributed by atoms with Gasteiger partial charge < -0.3 is 5.11 Å². The van der Waals surface area contributed by atoms with Crippen LogP contribution in [0.15, 0.2) is 0 Å². The van der Waals surface area contributed by atoms with E-state index >= 15 is 0 Å². The molecule has 1 saturated carbocycles. The van der Waals surface area contributed by atoms with Crippen molar-refractivity contribution >= 4 is 11.6 Å². The number of aromatic nitrogens is 2. The fourth-order valence-electron chi connectivity index (χ4n) is 2.92. The third-order valence-corrected chi connectivity index (χ3v) is 4.43. The van der Waals surface area contributed by atoms with Crippen molar-refractivity contribution in [2.75, 3.05) is 0 Å². The van der Waals surface area contributed by atoms with Crippen LogP contribution in [0.1, 0.15) is 69.2 Å². The summed E-state index contributed by atoms with van der Waals surface area (Å²) >= 11 is 6.31. The SMILES string of the molecule is CC(C)c1nn(C)c(Cl)c1C(O)C1CCCCC1. The monoisotopic (exact) mass is 270 g/mol. The molecule has 1 N–H and O–H groups in total. The number of aliphatic hydroxyl groups excluding tert-OH is 1. The number of aryl methyl sites for hydroxylation is 1. The molecule has 1 heterocycles. The Morgan fingerprint density at radius 1 is 1.28 bits per heavy atom. The summed E-state index contributed by atoms with van der Waals surface area (Å²) < 4.78 is 1.68. The van der Waals surface area contributed by atoms with Crippen LogP contribution in [0.25, 0.3) is 0 Å². The molecule has 0 spiro atoms. The molecule has 1 aliphatic carbocycles. The zero-order valence-electron chi connectivity index (χ0n) is 11.5. The Morgan fingerprint density at radius 3 is 2.44 bits per heavy atom. The molecule has 0 bridgehead atoms. The molecule has 0 radical (unpaired) electrons. The second-order valence-corrected chi connectivity index (χ2v) is 6.07. The largest absolute Gasteiger partial charge is 0.388 e. The third kappa shape index (κ3) is 2.57. The van der Waals surface area contributed by atoms with Gasteiger partial charge in [0, 0.05) is 12.6 Å². The van der Waals surface area contributed by atoms with Crippen molar-refractivity contribution in [2.24, 2.45) is 13.0 Å². The molecule has 0 saturated heterocycles. The quantitative estimate of drug-likeness (QED) is 0.907. The van der Waals surface area contributed by atoms with E-state index in [1.54, 1.807) is 4.68 Å². The van der Waals surface area contributed by atoms with E-state index < -0.39 is 6.10 Å². The van der Waals surface area contributed by atoms with Gasteiger partial charge in [-0.25, -0.2) is 0 Å². The average Bonchev–Trinajstić information content (AvgIpc) is 2.66. The second-order valence-electron chi connectivity index (χ2n) is 5.71. The van der Waals surface area contributed by atoms with Crippen molar-refractivity contribution in [2.45, 2.75) is 58.0 Å². The lowest BCUT2D eigenvalue weighted by Gasteiger charge is -2.27. The van der Waals surface area contributed by atoms with Gasteiger partial charge >= 0.3 is 0 Å². The molecule has 2 rings (SSSR count). The summed E-state index contributed by atoms with van der Waals surface area (Å²) in [7, 11) is 1.84. The van der Waals surface area contributed by atoms with Crippen molar-refractivity contribution in [1.82, 2.24) is 9.78 Å². The van der Waals surface area contributed by atoms with E-state index in [2.05, 4.69) is 18.9 Å². The zero-order valence-corrected chi connectivity index (χ0v) is 12.2. The summed E-state index contributed by atoms with van der Waals surface area (Å²) in [6.45, 7) is 4.19. The van der Waals surface area contributed by atoms with Gasteiger partial charge in [0.2, 0.25) is 0 Å². The minimum atomic E-state index is -0.455. The van der Waals surface area contributed by atoms with Crippen LogP contribution >= 0.6 is 11.6 Å². The van der Waals surface area contributed by atoms with Gasteiger partial charge in [-0.1, -0.05) is 44.7 Å². The highest BCUT2D eigenvalue weighted by molar-refractivity contribution is 6.30. The lowest BCUT2D eigenvalue weighted by Crippen LogP contribution is -2.17. The van der Waals surface area contributed by atoms with Crippen LogP contribution in [0.5, 0.6) is 0 Å². The molecule has 0 aliphatic heterocycles. The first-order chi connectivity index (χ1) is 8.52. The summed E-state index contributed by atoms with van der Waals surface area (Å²) in [5, 5.41) is 15.7. The van der Waals surface area contributed by atoms with Crippen LogP contribution < -0.4 is 0 Å². The fourth-order valence-corrected chi connectivity index (χ4v) is 3.17. The molecule has 1 aliphatic rings. The highest BCUT2D eigenvalue weighted by Gasteiger charge is 2.30. The lowest BCUT2D eigenvalue weighted by molar-refractivity contribution is 0.0839. The Hall–Kier alpha value is -0.540. The van der Waals surface area contributed by atoms with Crippen molar-refractivity contribution in [3.8, 4) is 0 Å². The van der Waals surface area contributed by atoms with E-state index in [1.807, 2.05) is 7.05 Å². The lowest BCUT2D eigenvalue weighted by atomic mass is 9.82. The molecular formula is C14H23ClN2O. The summed E-state index contributed by atoms with van der Waals surface area (Å²) in [6.07, 6.45) is 5.48. The number of hydrogen-bond acceptors (Lipinski definition) is 2. The van der Waals surface area contributed by atoms with Gasteiger partial charge in [-0.05, 0) is 24.7 Å². The Morgan fingerprint density at radius 2 is 1.89 bits per heavy atom. The average molecular weight is 271 g/mol. The number of halogens is 1. The van der Waals surface area contributed by atoms with E-state index in [0.29, 0.717) is 11.1 Å². The first-order valence-corrected chi connectivity index (χ1v) is 7.30. The zero-order chi connectivity index (χ0) is 13.3. The molecular weight excluding hydrogens is 248 g/mol. The van der Waals surface area contributed by atoms with E-state index in [1.165, 1.54) is 19.3 Å². The van der Waals surface area contributed by atoms with Crippen LogP contribution in [-0.2, 0) is 7.05 Å². The second kappa shape index (κ2) is 5.62. The molecule has 1 atom stereocenters. The van der Waals surface area contributed by atoms with Crippen molar-refractivity contribution in [3.05, 3.63) is 16.4 Å². The minimum absolute atomic E-state index is 0.289. The van der Waals surface area contributed by atoms with Gasteiger partial charge in [0.25, 0.3) is 0 Å². The first-order valence-electron chi connectivity index (χ1n) is 6.92. The predicted octanol–water partition coefficient (Wildman–Crippen LogP) is 3.81. The highest BCUT2D eigenvalue weighted by atomic mass is 35.5. The third-order valence-electron chi connectivity index (χ3n) is 3.98. The predicted molar refractivity (Wildman–Crippen MR) is 73.8 cm³/mol. The minimum Gasteiger partial charge on any atom is -0.388 e. The number of rotatable bonds is 3. The number of aliphatic hydroxyl groups is 1. The molecule has 1 unspecified atom stereocenters. The van der Waals surface area contributed by atoms with E-state index in [0.717, 1.165) is 24.1 Å². The smallest absolute Gasteiger partial charge is 0.132 e. The molecule has 4 heteroatoms. The van der Waals surface area contributed by atoms with Gasteiger partial charge in [0.05, 0.1) is 11.8 Å². The van der Waals surface area contributed by atoms with Crippen LogP contribution in [0.4, 0.5) is 0 Å². The van der Waals surface area contributed by atoms with Crippen molar-refractivity contribution < 1.29 is 5.11 Å².